The van der Waals surface area contributed by atoms with Gasteiger partial charge in [-0.1, -0.05) is 70.4 Å². The molecule has 0 spiro atoms. The van der Waals surface area contributed by atoms with Gasteiger partial charge in [0.05, 0.1) is 6.61 Å². The third-order valence-electron chi connectivity index (χ3n) is 6.84. The van der Waals surface area contributed by atoms with Crippen molar-refractivity contribution >= 4 is 13.8 Å². The van der Waals surface area contributed by atoms with Gasteiger partial charge in [-0.2, -0.15) is 0 Å². The molecule has 0 aliphatic heterocycles. The number of rotatable bonds is 22. The summed E-state index contributed by atoms with van der Waals surface area (Å²) in [6.45, 7) is 0.964. The highest BCUT2D eigenvalue weighted by atomic mass is 31.2. The Labute approximate surface area is 243 Å². The first-order valence-corrected chi connectivity index (χ1v) is 16.0. The fraction of sp³-hybridized carbons (Fsp3) is 0.889. The molecule has 3 unspecified atom stereocenters. The SMILES string of the molecule is CCCCCCCCC=CCCCCCCCC(=O)OC[C@@H](O)COP(=O)(O)OC1[C@H](O)[C@H](O)C(O)[C@H](O)[C@H]1O.N. The van der Waals surface area contributed by atoms with Crippen LogP contribution in [0.2, 0.25) is 0 Å². The summed E-state index contributed by atoms with van der Waals surface area (Å²) < 4.78 is 26.3. The van der Waals surface area contributed by atoms with Gasteiger partial charge in [-0.25, -0.2) is 4.57 Å². The Bertz CT molecular complexity index is 742. The number of phosphoric acid groups is 1. The smallest absolute Gasteiger partial charge is 0.463 e. The van der Waals surface area contributed by atoms with Gasteiger partial charge in [-0.05, 0) is 32.1 Å². The molecule has 0 saturated heterocycles. The van der Waals surface area contributed by atoms with E-state index in [9.17, 15) is 44.9 Å². The molecule has 1 rings (SSSR count). The number of phosphoric ester groups is 1. The number of unbranched alkanes of at least 4 members (excludes halogenated alkanes) is 11. The van der Waals surface area contributed by atoms with E-state index in [1.54, 1.807) is 0 Å². The Balaban J connectivity index is 0.0000160. The van der Waals surface area contributed by atoms with E-state index in [0.717, 1.165) is 38.5 Å². The quantitative estimate of drug-likeness (QED) is 0.0378. The highest BCUT2D eigenvalue weighted by Crippen LogP contribution is 2.47. The van der Waals surface area contributed by atoms with E-state index in [4.69, 9.17) is 4.74 Å². The highest BCUT2D eigenvalue weighted by Gasteiger charge is 2.51. The number of allylic oxidation sites excluding steroid dienone is 2. The van der Waals surface area contributed by atoms with Crippen molar-refractivity contribution < 1.29 is 58.7 Å². The number of carbonyl (C=O) groups is 1. The van der Waals surface area contributed by atoms with Crippen molar-refractivity contribution in [2.24, 2.45) is 0 Å². The fourth-order valence-electron chi connectivity index (χ4n) is 4.34. The minimum absolute atomic E-state index is 0. The van der Waals surface area contributed by atoms with Crippen LogP contribution in [0.5, 0.6) is 0 Å². The lowest BCUT2D eigenvalue weighted by Crippen LogP contribution is -2.64. The first-order valence-electron chi connectivity index (χ1n) is 14.5. The van der Waals surface area contributed by atoms with Gasteiger partial charge < -0.3 is 46.4 Å². The van der Waals surface area contributed by atoms with Crippen LogP contribution in [0.25, 0.3) is 0 Å². The third kappa shape index (κ3) is 17.1. The lowest BCUT2D eigenvalue weighted by Gasteiger charge is -2.41. The number of aliphatic hydroxyl groups excluding tert-OH is 6. The number of carbonyl (C=O) groups excluding carboxylic acids is 1. The van der Waals surface area contributed by atoms with Gasteiger partial charge in [0.2, 0.25) is 0 Å². The molecule has 1 aliphatic carbocycles. The number of ether oxygens (including phenoxy) is 1. The van der Waals surface area contributed by atoms with Crippen molar-refractivity contribution in [3.05, 3.63) is 12.2 Å². The summed E-state index contributed by atoms with van der Waals surface area (Å²) in [5.74, 6) is -0.518. The van der Waals surface area contributed by atoms with E-state index in [2.05, 4.69) is 28.1 Å². The fourth-order valence-corrected chi connectivity index (χ4v) is 5.31. The van der Waals surface area contributed by atoms with E-state index in [0.29, 0.717) is 6.42 Å². The van der Waals surface area contributed by atoms with Gasteiger partial charge in [-0.15, -0.1) is 0 Å². The molecule has 10 N–H and O–H groups in total. The van der Waals surface area contributed by atoms with Gasteiger partial charge in [0.1, 0.15) is 49.3 Å². The lowest BCUT2D eigenvalue weighted by molar-refractivity contribution is -0.220. The van der Waals surface area contributed by atoms with Crippen molar-refractivity contribution in [3.8, 4) is 0 Å². The largest absolute Gasteiger partial charge is 0.472 e. The van der Waals surface area contributed by atoms with Crippen LogP contribution in [-0.2, 0) is 23.1 Å². The summed E-state index contributed by atoms with van der Waals surface area (Å²) in [5, 5.41) is 58.5. The monoisotopic (exact) mass is 615 g/mol. The van der Waals surface area contributed by atoms with E-state index < -0.39 is 69.7 Å². The van der Waals surface area contributed by atoms with E-state index in [1.165, 1.54) is 38.5 Å². The number of esters is 1. The van der Waals surface area contributed by atoms with Crippen LogP contribution in [0.15, 0.2) is 12.2 Å². The van der Waals surface area contributed by atoms with Crippen LogP contribution < -0.4 is 6.15 Å². The lowest BCUT2D eigenvalue weighted by atomic mass is 9.85. The molecule has 0 aromatic heterocycles. The molecule has 0 bridgehead atoms. The van der Waals surface area contributed by atoms with Crippen molar-refractivity contribution in [1.82, 2.24) is 6.15 Å². The van der Waals surface area contributed by atoms with Gasteiger partial charge >= 0.3 is 13.8 Å². The number of aliphatic hydroxyl groups is 6. The number of hydrogen-bond acceptors (Lipinski definition) is 12. The maximum absolute atomic E-state index is 12.1. The van der Waals surface area contributed by atoms with Crippen LogP contribution in [0.4, 0.5) is 0 Å². The molecule has 41 heavy (non-hydrogen) atoms. The molecule has 0 aromatic carbocycles. The summed E-state index contributed by atoms with van der Waals surface area (Å²) in [6.07, 6.45) is 6.32. The van der Waals surface area contributed by atoms with Crippen molar-refractivity contribution in [2.75, 3.05) is 13.2 Å². The Kier molecular flexibility index (Phi) is 22.0. The van der Waals surface area contributed by atoms with Gasteiger partial charge in [0.15, 0.2) is 0 Å². The standard InChI is InChI=1S/C27H51O12P.H3N/c1-2-3-4-5-6-7-8-9-10-11-12-13-14-15-16-17-21(29)37-18-20(28)19-38-40(35,36)39-27-25(33)23(31)22(30)24(32)26(27)34;/h9-10,20,22-28,30-34H,2-8,11-19H2,1H3,(H,35,36);1H3/t20-,22?,23-,24+,25-,26-,27?;/m1./s1. The molecule has 14 heteroatoms. The van der Waals surface area contributed by atoms with Crippen molar-refractivity contribution in [3.63, 3.8) is 0 Å². The maximum atomic E-state index is 12.1. The second kappa shape index (κ2) is 22.6. The van der Waals surface area contributed by atoms with Crippen LogP contribution in [-0.4, -0.2) is 97.4 Å². The molecule has 244 valence electrons. The third-order valence-corrected chi connectivity index (χ3v) is 7.82. The number of hydrogen-bond donors (Lipinski definition) is 8. The first-order chi connectivity index (χ1) is 19.0. The molecule has 8 atom stereocenters. The normalized spacial score (nSPS) is 26.8. The average molecular weight is 616 g/mol. The zero-order chi connectivity index (χ0) is 30.0. The van der Waals surface area contributed by atoms with Gasteiger partial charge in [0.25, 0.3) is 0 Å². The summed E-state index contributed by atoms with van der Waals surface area (Å²) in [5.41, 5.74) is 0. The van der Waals surface area contributed by atoms with Crippen LogP contribution >= 0.6 is 7.82 Å². The minimum atomic E-state index is -4.98. The topological polar surface area (TPSA) is 238 Å². The second-order valence-electron chi connectivity index (χ2n) is 10.5. The summed E-state index contributed by atoms with van der Waals surface area (Å²) in [4.78, 5) is 21.7. The van der Waals surface area contributed by atoms with Gasteiger partial charge in [-0.3, -0.25) is 13.8 Å². The van der Waals surface area contributed by atoms with Crippen molar-refractivity contribution in [1.29, 1.82) is 0 Å². The Hall–Kier alpha value is -0.960. The first kappa shape index (κ1) is 40.0. The second-order valence-corrected chi connectivity index (χ2v) is 11.9. The van der Waals surface area contributed by atoms with Gasteiger partial charge in [0, 0.05) is 6.42 Å². The molecule has 1 saturated carbocycles. The summed E-state index contributed by atoms with van der Waals surface area (Å²) in [6, 6.07) is 0. The predicted octanol–water partition coefficient (Wildman–Crippen LogP) is 2.41. The van der Waals surface area contributed by atoms with E-state index in [-0.39, 0.29) is 12.6 Å². The molecule has 1 fully saturated rings. The summed E-state index contributed by atoms with van der Waals surface area (Å²) >= 11 is 0. The molecular formula is C27H54NO12P. The maximum Gasteiger partial charge on any atom is 0.472 e. The van der Waals surface area contributed by atoms with E-state index in [1.807, 2.05) is 0 Å². The molecular weight excluding hydrogens is 561 g/mol. The average Bonchev–Trinajstić information content (AvgIpc) is 2.93. The Morgan fingerprint density at radius 1 is 0.756 bits per heavy atom. The summed E-state index contributed by atoms with van der Waals surface area (Å²) in [7, 11) is -4.98. The molecule has 0 heterocycles. The molecule has 1 aliphatic rings. The van der Waals surface area contributed by atoms with Crippen LogP contribution in [0.3, 0.4) is 0 Å². The highest BCUT2D eigenvalue weighted by molar-refractivity contribution is 7.47. The Morgan fingerprint density at radius 2 is 1.22 bits per heavy atom. The Morgan fingerprint density at radius 3 is 1.76 bits per heavy atom. The van der Waals surface area contributed by atoms with Crippen LogP contribution in [0.1, 0.15) is 96.8 Å². The molecule has 0 radical (unpaired) electrons. The van der Waals surface area contributed by atoms with E-state index >= 15 is 0 Å². The van der Waals surface area contributed by atoms with Crippen molar-refractivity contribution in [2.45, 2.75) is 140 Å². The molecule has 0 aromatic rings. The van der Waals surface area contributed by atoms with Crippen LogP contribution in [0, 0.1) is 0 Å². The zero-order valence-corrected chi connectivity index (χ0v) is 25.2. The zero-order valence-electron chi connectivity index (χ0n) is 24.3. The molecule has 13 nitrogen and oxygen atoms in total. The molecule has 0 amide bonds. The predicted molar refractivity (Wildman–Crippen MR) is 152 cm³/mol. The minimum Gasteiger partial charge on any atom is -0.463 e.